The van der Waals surface area contributed by atoms with Gasteiger partial charge in [0.25, 0.3) is 5.91 Å². The Balaban J connectivity index is 1.76. The molecule has 0 aliphatic carbocycles. The van der Waals surface area contributed by atoms with Gasteiger partial charge in [0.15, 0.2) is 5.13 Å². The van der Waals surface area contributed by atoms with Gasteiger partial charge in [-0.15, -0.1) is 11.3 Å². The van der Waals surface area contributed by atoms with Gasteiger partial charge in [-0.25, -0.2) is 4.98 Å². The Morgan fingerprint density at radius 3 is 2.59 bits per heavy atom. The Morgan fingerprint density at radius 1 is 1.12 bits per heavy atom. The molecule has 1 aromatic heterocycles. The van der Waals surface area contributed by atoms with Crippen LogP contribution < -0.4 is 10.6 Å². The van der Waals surface area contributed by atoms with Gasteiger partial charge in [0.1, 0.15) is 12.2 Å². The molecular formula is C23H24Cl2N4O2S. The average Bonchev–Trinajstić information content (AvgIpc) is 3.23. The molecule has 0 bridgehead atoms. The van der Waals surface area contributed by atoms with E-state index in [0.717, 1.165) is 5.56 Å². The van der Waals surface area contributed by atoms with Crippen LogP contribution in [0.2, 0.25) is 10.0 Å². The van der Waals surface area contributed by atoms with E-state index in [-0.39, 0.29) is 24.1 Å². The van der Waals surface area contributed by atoms with Crippen molar-refractivity contribution >= 4 is 57.2 Å². The Labute approximate surface area is 201 Å². The summed E-state index contributed by atoms with van der Waals surface area (Å²) in [7, 11) is 0. The fourth-order valence-corrected chi connectivity index (χ4v) is 3.88. The second-order valence-electron chi connectivity index (χ2n) is 7.63. The Bertz CT molecular complexity index is 1070. The lowest BCUT2D eigenvalue weighted by Gasteiger charge is -2.22. The standard InChI is InChI=1S/C23H24Cl2N4O2S/c1-15(2)11-26-21(30)13-29(12-16-6-4-3-5-7-16)22(31)20-14-32-23(28-20)27-19-10-17(24)8-9-18(19)25/h3-10,14-15H,11-13H2,1-2H3,(H,26,30)(H,27,28). The summed E-state index contributed by atoms with van der Waals surface area (Å²) in [5.41, 5.74) is 1.78. The molecule has 0 atom stereocenters. The van der Waals surface area contributed by atoms with E-state index >= 15 is 0 Å². The third-order valence-corrected chi connectivity index (χ3v) is 5.76. The number of halogens is 2. The topological polar surface area (TPSA) is 74.3 Å². The highest BCUT2D eigenvalue weighted by atomic mass is 35.5. The number of nitrogens with zero attached hydrogens (tertiary/aromatic N) is 2. The molecule has 0 aliphatic rings. The number of anilines is 2. The molecule has 2 N–H and O–H groups in total. The van der Waals surface area contributed by atoms with Crippen LogP contribution in [0.25, 0.3) is 0 Å². The van der Waals surface area contributed by atoms with E-state index in [2.05, 4.69) is 15.6 Å². The maximum absolute atomic E-state index is 13.2. The first kappa shape index (κ1) is 24.0. The monoisotopic (exact) mass is 490 g/mol. The number of nitrogens with one attached hydrogen (secondary N) is 2. The molecule has 0 fully saturated rings. The highest BCUT2D eigenvalue weighted by Gasteiger charge is 2.22. The summed E-state index contributed by atoms with van der Waals surface area (Å²) in [4.78, 5) is 31.6. The van der Waals surface area contributed by atoms with Crippen LogP contribution in [0.15, 0.2) is 53.9 Å². The van der Waals surface area contributed by atoms with Crippen molar-refractivity contribution in [3.05, 3.63) is 75.2 Å². The molecule has 0 spiro atoms. The number of hydrogen-bond acceptors (Lipinski definition) is 5. The molecule has 0 radical (unpaired) electrons. The summed E-state index contributed by atoms with van der Waals surface area (Å²) in [5, 5.41) is 9.14. The van der Waals surface area contributed by atoms with Gasteiger partial charge in [-0.3, -0.25) is 9.59 Å². The summed E-state index contributed by atoms with van der Waals surface area (Å²) in [6, 6.07) is 14.6. The molecular weight excluding hydrogens is 467 g/mol. The molecule has 2 aromatic carbocycles. The average molecular weight is 491 g/mol. The fourth-order valence-electron chi connectivity index (χ4n) is 2.85. The second-order valence-corrected chi connectivity index (χ2v) is 9.33. The zero-order valence-electron chi connectivity index (χ0n) is 17.8. The molecule has 32 heavy (non-hydrogen) atoms. The first-order chi connectivity index (χ1) is 15.3. The molecule has 6 nitrogen and oxygen atoms in total. The summed E-state index contributed by atoms with van der Waals surface area (Å²) >= 11 is 13.5. The van der Waals surface area contributed by atoms with Gasteiger partial charge in [-0.2, -0.15) is 0 Å². The summed E-state index contributed by atoms with van der Waals surface area (Å²) in [5.74, 6) is -0.208. The van der Waals surface area contributed by atoms with Crippen molar-refractivity contribution in [2.75, 3.05) is 18.4 Å². The lowest BCUT2D eigenvalue weighted by Crippen LogP contribution is -2.41. The number of carbonyl (C=O) groups excluding carboxylic acids is 2. The number of amides is 2. The van der Waals surface area contributed by atoms with Crippen molar-refractivity contribution in [3.8, 4) is 0 Å². The van der Waals surface area contributed by atoms with E-state index in [1.807, 2.05) is 44.2 Å². The molecule has 168 valence electrons. The van der Waals surface area contributed by atoms with E-state index in [1.165, 1.54) is 16.2 Å². The molecule has 0 saturated carbocycles. The SMILES string of the molecule is CC(C)CNC(=O)CN(Cc1ccccc1)C(=O)c1csc(Nc2cc(Cl)ccc2Cl)n1. The molecule has 9 heteroatoms. The van der Waals surface area contributed by atoms with Crippen LogP contribution in [-0.2, 0) is 11.3 Å². The minimum absolute atomic E-state index is 0.0547. The van der Waals surface area contributed by atoms with Gasteiger partial charge in [0.2, 0.25) is 5.91 Å². The molecule has 0 unspecified atom stereocenters. The largest absolute Gasteiger partial charge is 0.354 e. The summed E-state index contributed by atoms with van der Waals surface area (Å²) < 4.78 is 0. The fraction of sp³-hybridized carbons (Fsp3) is 0.261. The normalized spacial score (nSPS) is 10.8. The number of aromatic nitrogens is 1. The maximum Gasteiger partial charge on any atom is 0.274 e. The predicted molar refractivity (Wildman–Crippen MR) is 131 cm³/mol. The van der Waals surface area contributed by atoms with Gasteiger partial charge in [0.05, 0.1) is 10.7 Å². The molecule has 3 aromatic rings. The number of carbonyl (C=O) groups is 2. The predicted octanol–water partition coefficient (Wildman–Crippen LogP) is 5.61. The number of benzene rings is 2. The van der Waals surface area contributed by atoms with Crippen molar-refractivity contribution in [2.24, 2.45) is 5.92 Å². The van der Waals surface area contributed by atoms with Crippen LogP contribution in [0.3, 0.4) is 0 Å². The lowest BCUT2D eigenvalue weighted by molar-refractivity contribution is -0.122. The molecule has 1 heterocycles. The Kier molecular flexibility index (Phi) is 8.50. The zero-order chi connectivity index (χ0) is 23.1. The minimum Gasteiger partial charge on any atom is -0.354 e. The van der Waals surface area contributed by atoms with Crippen molar-refractivity contribution in [2.45, 2.75) is 20.4 Å². The highest BCUT2D eigenvalue weighted by molar-refractivity contribution is 7.14. The zero-order valence-corrected chi connectivity index (χ0v) is 20.1. The molecule has 0 saturated heterocycles. The van der Waals surface area contributed by atoms with Crippen LogP contribution in [0.1, 0.15) is 29.9 Å². The van der Waals surface area contributed by atoms with Crippen LogP contribution in [0, 0.1) is 5.92 Å². The first-order valence-corrected chi connectivity index (χ1v) is 11.7. The third-order valence-electron chi connectivity index (χ3n) is 4.44. The van der Waals surface area contributed by atoms with Gasteiger partial charge in [-0.05, 0) is 29.7 Å². The molecule has 0 aliphatic heterocycles. The first-order valence-electron chi connectivity index (χ1n) is 10.1. The van der Waals surface area contributed by atoms with E-state index in [1.54, 1.807) is 23.6 Å². The van der Waals surface area contributed by atoms with Crippen molar-refractivity contribution in [1.29, 1.82) is 0 Å². The van der Waals surface area contributed by atoms with E-state index < -0.39 is 0 Å². The van der Waals surface area contributed by atoms with E-state index in [0.29, 0.717) is 39.9 Å². The van der Waals surface area contributed by atoms with Crippen LogP contribution in [0.4, 0.5) is 10.8 Å². The maximum atomic E-state index is 13.2. The van der Waals surface area contributed by atoms with Gasteiger partial charge < -0.3 is 15.5 Å². The van der Waals surface area contributed by atoms with Gasteiger partial charge >= 0.3 is 0 Å². The van der Waals surface area contributed by atoms with Gasteiger partial charge in [-0.1, -0.05) is 67.4 Å². The third kappa shape index (κ3) is 6.95. The van der Waals surface area contributed by atoms with Crippen LogP contribution in [-0.4, -0.2) is 34.8 Å². The smallest absolute Gasteiger partial charge is 0.274 e. The number of rotatable bonds is 9. The molecule has 3 rings (SSSR count). The Hall–Kier alpha value is -2.61. The van der Waals surface area contributed by atoms with E-state index in [9.17, 15) is 9.59 Å². The molecule has 2 amide bonds. The highest BCUT2D eigenvalue weighted by Crippen LogP contribution is 2.30. The van der Waals surface area contributed by atoms with E-state index in [4.69, 9.17) is 23.2 Å². The quantitative estimate of drug-likeness (QED) is 0.408. The van der Waals surface area contributed by atoms with Crippen LogP contribution in [0.5, 0.6) is 0 Å². The number of thiazole rings is 1. The van der Waals surface area contributed by atoms with Gasteiger partial charge in [0, 0.05) is 23.5 Å². The summed E-state index contributed by atoms with van der Waals surface area (Å²) in [6.45, 7) is 4.83. The number of hydrogen-bond donors (Lipinski definition) is 2. The minimum atomic E-state index is -0.324. The van der Waals surface area contributed by atoms with Crippen LogP contribution >= 0.6 is 34.5 Å². The lowest BCUT2D eigenvalue weighted by atomic mass is 10.2. The summed E-state index contributed by atoms with van der Waals surface area (Å²) in [6.07, 6.45) is 0. The second kappa shape index (κ2) is 11.3. The van der Waals surface area contributed by atoms with Crippen molar-refractivity contribution in [1.82, 2.24) is 15.2 Å². The van der Waals surface area contributed by atoms with Crippen molar-refractivity contribution in [3.63, 3.8) is 0 Å². The van der Waals surface area contributed by atoms with Crippen molar-refractivity contribution < 1.29 is 9.59 Å². The Morgan fingerprint density at radius 2 is 1.88 bits per heavy atom.